The summed E-state index contributed by atoms with van der Waals surface area (Å²) in [6.45, 7) is 3.45. The fourth-order valence-electron chi connectivity index (χ4n) is 0. The van der Waals surface area contributed by atoms with Crippen molar-refractivity contribution < 1.29 is 0 Å². The summed E-state index contributed by atoms with van der Waals surface area (Å²) in [6.07, 6.45) is 1.79. The molecule has 0 N–H and O–H groups in total. The summed E-state index contributed by atoms with van der Waals surface area (Å²) in [4.78, 5) is 0. The Morgan fingerprint density at radius 1 is 1.75 bits per heavy atom. The molecule has 0 aromatic carbocycles. The summed E-state index contributed by atoms with van der Waals surface area (Å²) in [6, 6.07) is 0. The van der Waals surface area contributed by atoms with Gasteiger partial charge in [0.25, 0.3) is 0 Å². The van der Waals surface area contributed by atoms with E-state index in [-0.39, 0.29) is 0 Å². The van der Waals surface area contributed by atoms with E-state index in [1.807, 2.05) is 4.02 Å². The van der Waals surface area contributed by atoms with Crippen molar-refractivity contribution in [2.24, 2.45) is 0 Å². The fourth-order valence-corrected chi connectivity index (χ4v) is 0. The molecule has 20 valence electrons. The van der Waals surface area contributed by atoms with E-state index in [4.69, 9.17) is 0 Å². The molecule has 0 nitrogen and oxygen atoms in total. The Morgan fingerprint density at radius 2 is 2.00 bits per heavy atom. The molecule has 0 heterocycles. The molecule has 2 radical (unpaired) electrons. The van der Waals surface area contributed by atoms with Gasteiger partial charge in [0.15, 0.2) is 0 Å². The van der Waals surface area contributed by atoms with Crippen LogP contribution in [0.25, 0.3) is 0 Å². The third-order valence-corrected chi connectivity index (χ3v) is 0.791. The maximum absolute atomic E-state index is 3.45. The van der Waals surface area contributed by atoms with E-state index < -0.39 is 0 Å². The second-order valence-electron chi connectivity index (χ2n) is 0.402. The molecule has 0 aromatic rings. The molecule has 1 heteroatoms. The SMILES string of the molecule is C=C[CH]=[Sn]. The van der Waals surface area contributed by atoms with Gasteiger partial charge in [-0.2, -0.15) is 0 Å². The van der Waals surface area contributed by atoms with Gasteiger partial charge < -0.3 is 0 Å². The number of allylic oxidation sites excluding steroid dienone is 1. The summed E-state index contributed by atoms with van der Waals surface area (Å²) in [5, 5.41) is 0. The first-order valence-electron chi connectivity index (χ1n) is 1.03. The van der Waals surface area contributed by atoms with Crippen LogP contribution in [-0.2, 0) is 0 Å². The zero-order chi connectivity index (χ0) is 3.41. The van der Waals surface area contributed by atoms with Crippen LogP contribution in [0.15, 0.2) is 12.7 Å². The second kappa shape index (κ2) is 3.41. The predicted molar refractivity (Wildman–Crippen MR) is 22.0 cm³/mol. The fraction of sp³-hybridized carbons (Fsp3) is 0. The first-order chi connectivity index (χ1) is 1.91. The van der Waals surface area contributed by atoms with E-state index in [2.05, 4.69) is 6.58 Å². The van der Waals surface area contributed by atoms with Crippen LogP contribution in [-0.4, -0.2) is 26.1 Å². The maximum atomic E-state index is 3.45. The van der Waals surface area contributed by atoms with Crippen LogP contribution < -0.4 is 0 Å². The zero-order valence-electron chi connectivity index (χ0n) is 2.36. The van der Waals surface area contributed by atoms with Gasteiger partial charge in [-0.25, -0.2) is 0 Å². The van der Waals surface area contributed by atoms with E-state index >= 15 is 0 Å². The Kier molecular flexibility index (Phi) is 3.76. The topological polar surface area (TPSA) is 0 Å². The van der Waals surface area contributed by atoms with E-state index in [1.54, 1.807) is 6.08 Å². The Labute approximate surface area is 39.1 Å². The summed E-state index contributed by atoms with van der Waals surface area (Å²) in [7, 11) is 0. The Bertz CT molecular complexity index is 24.3. The third kappa shape index (κ3) is 2.41. The second-order valence-corrected chi connectivity index (χ2v) is 1.35. The van der Waals surface area contributed by atoms with Crippen LogP contribution in [0.4, 0.5) is 0 Å². The van der Waals surface area contributed by atoms with Crippen LogP contribution in [0.5, 0.6) is 0 Å². The first kappa shape index (κ1) is 4.41. The van der Waals surface area contributed by atoms with Gasteiger partial charge in [-0.15, -0.1) is 0 Å². The minimum absolute atomic E-state index is 1.43. The molecule has 0 spiro atoms. The van der Waals surface area contributed by atoms with Gasteiger partial charge in [-0.3, -0.25) is 0 Å². The number of hydrogen-bond acceptors (Lipinski definition) is 0. The van der Waals surface area contributed by atoms with E-state index in [1.165, 1.54) is 22.1 Å². The van der Waals surface area contributed by atoms with Gasteiger partial charge in [-0.05, 0) is 0 Å². The van der Waals surface area contributed by atoms with Gasteiger partial charge in [0.1, 0.15) is 0 Å². The van der Waals surface area contributed by atoms with Gasteiger partial charge in [0.05, 0.1) is 0 Å². The van der Waals surface area contributed by atoms with E-state index in [0.717, 1.165) is 0 Å². The molecule has 0 amide bonds. The van der Waals surface area contributed by atoms with Crippen molar-refractivity contribution in [3.63, 3.8) is 0 Å². The molecule has 0 saturated carbocycles. The monoisotopic (exact) mass is 160 g/mol. The van der Waals surface area contributed by atoms with Crippen molar-refractivity contribution >= 4 is 26.1 Å². The summed E-state index contributed by atoms with van der Waals surface area (Å²) >= 11 is 1.43. The first-order valence-corrected chi connectivity index (χ1v) is 2.68. The van der Waals surface area contributed by atoms with E-state index in [0.29, 0.717) is 0 Å². The average molecular weight is 159 g/mol. The van der Waals surface area contributed by atoms with Crippen molar-refractivity contribution in [2.45, 2.75) is 0 Å². The normalized spacial score (nSPS) is 5.00. The molecule has 0 unspecified atom stereocenters. The number of rotatable bonds is 1. The molecule has 0 aliphatic carbocycles. The summed E-state index contributed by atoms with van der Waals surface area (Å²) in [5.41, 5.74) is 0. The molecule has 0 bridgehead atoms. The molecule has 0 aliphatic rings. The molecule has 0 saturated heterocycles. The standard InChI is InChI=1S/C3H4.Sn/c1-3-2;/h1,3H,2H2;. The Hall–Kier alpha value is 0.409. The molecule has 0 aliphatic heterocycles. The quantitative estimate of drug-likeness (QED) is 0.477. The van der Waals surface area contributed by atoms with Crippen LogP contribution in [0.1, 0.15) is 0 Å². The molecule has 0 rings (SSSR count). The Balaban J connectivity index is 2.73. The molecule has 0 aromatic heterocycles. The van der Waals surface area contributed by atoms with Gasteiger partial charge in [0, 0.05) is 0 Å². The molecule has 4 heavy (non-hydrogen) atoms. The molecule has 0 fully saturated rings. The molecular formula is C3H4Sn. The van der Waals surface area contributed by atoms with Gasteiger partial charge >= 0.3 is 38.7 Å². The predicted octanol–water partition coefficient (Wildman–Crippen LogP) is 0.143. The summed E-state index contributed by atoms with van der Waals surface area (Å²) < 4.78 is 1.98. The van der Waals surface area contributed by atoms with E-state index in [9.17, 15) is 0 Å². The van der Waals surface area contributed by atoms with Crippen molar-refractivity contribution in [3.8, 4) is 0 Å². The van der Waals surface area contributed by atoms with Gasteiger partial charge in [0.2, 0.25) is 0 Å². The zero-order valence-corrected chi connectivity index (χ0v) is 5.22. The van der Waals surface area contributed by atoms with Crippen molar-refractivity contribution in [2.75, 3.05) is 0 Å². The summed E-state index contributed by atoms with van der Waals surface area (Å²) in [5.74, 6) is 0. The van der Waals surface area contributed by atoms with Crippen LogP contribution in [0, 0.1) is 0 Å². The van der Waals surface area contributed by atoms with Crippen molar-refractivity contribution in [1.82, 2.24) is 0 Å². The van der Waals surface area contributed by atoms with Crippen LogP contribution in [0.3, 0.4) is 0 Å². The van der Waals surface area contributed by atoms with Gasteiger partial charge in [-0.1, -0.05) is 0 Å². The molecule has 0 atom stereocenters. The Morgan fingerprint density at radius 3 is 2.00 bits per heavy atom. The molecular weight excluding hydrogens is 155 g/mol. The van der Waals surface area contributed by atoms with Crippen molar-refractivity contribution in [1.29, 1.82) is 0 Å². The van der Waals surface area contributed by atoms with Crippen molar-refractivity contribution in [3.05, 3.63) is 12.7 Å². The van der Waals surface area contributed by atoms with Crippen LogP contribution in [0.2, 0.25) is 0 Å². The van der Waals surface area contributed by atoms with Crippen LogP contribution >= 0.6 is 0 Å². The number of hydrogen-bond donors (Lipinski definition) is 0. The average Bonchev–Trinajstić information content (AvgIpc) is 1.37. The minimum atomic E-state index is 1.43. The third-order valence-electron chi connectivity index (χ3n) is 0.118.